The first-order valence-electron chi connectivity index (χ1n) is 7.24. The van der Waals surface area contributed by atoms with Crippen molar-refractivity contribution < 1.29 is 32.7 Å². The van der Waals surface area contributed by atoms with E-state index in [0.717, 1.165) is 4.90 Å². The smallest absolute Gasteiger partial charge is 0.387 e. The number of carbonyl (C=O) groups is 4. The lowest BCUT2D eigenvalue weighted by Gasteiger charge is -2.18. The summed E-state index contributed by atoms with van der Waals surface area (Å²) in [4.78, 5) is 48.9. The van der Waals surface area contributed by atoms with Crippen molar-refractivity contribution in [3.63, 3.8) is 0 Å². The van der Waals surface area contributed by atoms with Crippen molar-refractivity contribution in [2.75, 3.05) is 11.9 Å². The number of alkyl halides is 2. The number of benzene rings is 1. The summed E-state index contributed by atoms with van der Waals surface area (Å²) in [6.45, 7) is -0.471. The zero-order valence-electron chi connectivity index (χ0n) is 13.4. The second kappa shape index (κ2) is 7.24. The molecule has 1 N–H and O–H groups in total. The van der Waals surface area contributed by atoms with Crippen LogP contribution < -0.4 is 10.1 Å². The van der Waals surface area contributed by atoms with Gasteiger partial charge in [-0.2, -0.15) is 8.78 Å². The summed E-state index contributed by atoms with van der Waals surface area (Å²) in [5, 5.41) is 2.39. The van der Waals surface area contributed by atoms with Crippen LogP contribution in [-0.2, 0) is 14.4 Å². The van der Waals surface area contributed by atoms with Crippen molar-refractivity contribution in [3.8, 4) is 5.75 Å². The van der Waals surface area contributed by atoms with Gasteiger partial charge >= 0.3 is 24.5 Å². The fourth-order valence-electron chi connectivity index (χ4n) is 2.18. The molecule has 1 aliphatic rings. The Balaban J connectivity index is 1.99. The molecule has 0 aromatic heterocycles. The summed E-state index contributed by atoms with van der Waals surface area (Å²) in [7, 11) is 0. The van der Waals surface area contributed by atoms with Crippen molar-refractivity contribution in [2.45, 2.75) is 26.5 Å². The minimum Gasteiger partial charge on any atom is -0.435 e. The molecule has 0 unspecified atom stereocenters. The van der Waals surface area contributed by atoms with Crippen LogP contribution in [0.4, 0.5) is 19.3 Å². The highest BCUT2D eigenvalue weighted by Crippen LogP contribution is 2.18. The summed E-state index contributed by atoms with van der Waals surface area (Å²) < 4.78 is 28.3. The number of imide groups is 2. The largest absolute Gasteiger partial charge is 0.435 e. The highest BCUT2D eigenvalue weighted by atomic mass is 19.3. The maximum atomic E-state index is 12.1. The van der Waals surface area contributed by atoms with Crippen molar-refractivity contribution in [1.29, 1.82) is 0 Å². The van der Waals surface area contributed by atoms with E-state index in [1.165, 1.54) is 24.3 Å². The van der Waals surface area contributed by atoms with Gasteiger partial charge < -0.3 is 10.1 Å². The first kappa shape index (κ1) is 18.3. The number of anilines is 1. The van der Waals surface area contributed by atoms with Crippen LogP contribution in [0.3, 0.4) is 0 Å². The highest BCUT2D eigenvalue weighted by molar-refractivity contribution is 6.45. The molecule has 1 fully saturated rings. The molecular weight excluding hydrogens is 340 g/mol. The van der Waals surface area contributed by atoms with Crippen molar-refractivity contribution in [3.05, 3.63) is 24.3 Å². The van der Waals surface area contributed by atoms with Crippen LogP contribution in [-0.4, -0.2) is 52.8 Å². The minimum absolute atomic E-state index is 0.0870. The van der Waals surface area contributed by atoms with E-state index < -0.39 is 43.0 Å². The number of rotatable bonds is 6. The van der Waals surface area contributed by atoms with E-state index in [1.807, 2.05) is 0 Å². The number of halogens is 2. The number of nitrogens with one attached hydrogen (secondary N) is 1. The third kappa shape index (κ3) is 4.08. The number of hydrogen-bond acceptors (Lipinski definition) is 5. The van der Waals surface area contributed by atoms with Gasteiger partial charge in [-0.25, -0.2) is 9.69 Å². The van der Waals surface area contributed by atoms with Crippen LogP contribution in [0.5, 0.6) is 5.75 Å². The molecule has 0 radical (unpaired) electrons. The second-order valence-corrected chi connectivity index (χ2v) is 5.39. The maximum Gasteiger partial charge on any atom is 0.387 e. The van der Waals surface area contributed by atoms with Gasteiger partial charge in [0, 0.05) is 11.7 Å². The average molecular weight is 355 g/mol. The van der Waals surface area contributed by atoms with Gasteiger partial charge in [0.1, 0.15) is 12.3 Å². The predicted octanol–water partition coefficient (Wildman–Crippen LogP) is 1.43. The van der Waals surface area contributed by atoms with Gasteiger partial charge in [0.15, 0.2) is 0 Å². The van der Waals surface area contributed by atoms with Gasteiger partial charge in [-0.3, -0.25) is 19.3 Å². The molecule has 25 heavy (non-hydrogen) atoms. The molecule has 134 valence electrons. The molecule has 1 aromatic carbocycles. The Labute approximate surface area is 141 Å². The lowest BCUT2D eigenvalue weighted by Crippen LogP contribution is -2.40. The lowest BCUT2D eigenvalue weighted by molar-refractivity contribution is -0.144. The molecule has 1 heterocycles. The number of nitrogens with zero attached hydrogens (tertiary/aromatic N) is 2. The van der Waals surface area contributed by atoms with Crippen molar-refractivity contribution in [2.24, 2.45) is 0 Å². The van der Waals surface area contributed by atoms with Gasteiger partial charge in [0.25, 0.3) is 0 Å². The van der Waals surface area contributed by atoms with E-state index in [2.05, 4.69) is 10.1 Å². The van der Waals surface area contributed by atoms with Crippen LogP contribution in [0.1, 0.15) is 13.8 Å². The quantitative estimate of drug-likeness (QED) is 0.615. The summed E-state index contributed by atoms with van der Waals surface area (Å²) >= 11 is 0. The van der Waals surface area contributed by atoms with E-state index in [0.29, 0.717) is 4.90 Å². The molecule has 5 amide bonds. The van der Waals surface area contributed by atoms with E-state index in [-0.39, 0.29) is 11.4 Å². The topological polar surface area (TPSA) is 96.0 Å². The Kier molecular flexibility index (Phi) is 5.30. The Hall–Kier alpha value is -3.04. The molecule has 0 spiro atoms. The molecule has 0 bridgehead atoms. The second-order valence-electron chi connectivity index (χ2n) is 5.39. The summed E-state index contributed by atoms with van der Waals surface area (Å²) in [5.41, 5.74) is 0.248. The van der Waals surface area contributed by atoms with Gasteiger partial charge in [0.05, 0.1) is 0 Å². The van der Waals surface area contributed by atoms with Gasteiger partial charge in [-0.05, 0) is 38.1 Å². The van der Waals surface area contributed by atoms with Crippen molar-refractivity contribution >= 4 is 29.4 Å². The molecule has 10 heteroatoms. The number of amides is 5. The first-order chi connectivity index (χ1) is 11.7. The summed E-state index contributed by atoms with van der Waals surface area (Å²) in [5.74, 6) is -2.87. The number of urea groups is 1. The van der Waals surface area contributed by atoms with E-state index in [4.69, 9.17) is 0 Å². The Morgan fingerprint density at radius 3 is 2.20 bits per heavy atom. The van der Waals surface area contributed by atoms with Gasteiger partial charge in [-0.1, -0.05) is 0 Å². The molecule has 0 aliphatic carbocycles. The predicted molar refractivity (Wildman–Crippen MR) is 80.8 cm³/mol. The van der Waals surface area contributed by atoms with E-state index in [9.17, 15) is 28.0 Å². The number of hydrogen-bond donors (Lipinski definition) is 1. The maximum absolute atomic E-state index is 12.1. The first-order valence-corrected chi connectivity index (χ1v) is 7.24. The molecule has 8 nitrogen and oxygen atoms in total. The minimum atomic E-state index is -2.96. The molecule has 1 aromatic rings. The average Bonchev–Trinajstić information content (AvgIpc) is 2.72. The molecule has 1 aliphatic heterocycles. The Bertz CT molecular complexity index is 706. The standard InChI is InChI=1S/C15H15F2N3O5/c1-8(2)20-13(23)12(22)19(15(20)24)7-11(21)18-9-3-5-10(6-4-9)25-14(16)17/h3-6,8,14H,7H2,1-2H3,(H,18,21). The van der Waals surface area contributed by atoms with E-state index in [1.54, 1.807) is 13.8 Å². The van der Waals surface area contributed by atoms with Crippen LogP contribution in [0.25, 0.3) is 0 Å². The molecule has 2 rings (SSSR count). The third-order valence-corrected chi connectivity index (χ3v) is 3.27. The number of ether oxygens (including phenoxy) is 1. The Morgan fingerprint density at radius 1 is 1.12 bits per heavy atom. The van der Waals surface area contributed by atoms with Crippen LogP contribution in [0.2, 0.25) is 0 Å². The number of carbonyl (C=O) groups excluding carboxylic acids is 4. The van der Waals surface area contributed by atoms with Crippen LogP contribution in [0, 0.1) is 0 Å². The molecule has 0 saturated carbocycles. The normalized spacial score (nSPS) is 14.7. The zero-order chi connectivity index (χ0) is 18.7. The molecular formula is C15H15F2N3O5. The summed E-state index contributed by atoms with van der Waals surface area (Å²) in [6, 6.07) is 3.69. The lowest BCUT2D eigenvalue weighted by atomic mass is 10.3. The third-order valence-electron chi connectivity index (χ3n) is 3.27. The molecule has 0 atom stereocenters. The zero-order valence-corrected chi connectivity index (χ0v) is 13.4. The SMILES string of the molecule is CC(C)N1C(=O)C(=O)N(CC(=O)Nc2ccc(OC(F)F)cc2)C1=O. The summed E-state index contributed by atoms with van der Waals surface area (Å²) in [6.07, 6.45) is 0. The van der Waals surface area contributed by atoms with Crippen LogP contribution >= 0.6 is 0 Å². The van der Waals surface area contributed by atoms with Gasteiger partial charge in [0.2, 0.25) is 5.91 Å². The van der Waals surface area contributed by atoms with Crippen molar-refractivity contribution in [1.82, 2.24) is 9.80 Å². The fraction of sp³-hybridized carbons (Fsp3) is 0.333. The highest BCUT2D eigenvalue weighted by Gasteiger charge is 2.46. The monoisotopic (exact) mass is 355 g/mol. The van der Waals surface area contributed by atoms with Crippen LogP contribution in [0.15, 0.2) is 24.3 Å². The Morgan fingerprint density at radius 2 is 1.72 bits per heavy atom. The van der Waals surface area contributed by atoms with Gasteiger partial charge in [-0.15, -0.1) is 0 Å². The molecule has 1 saturated heterocycles. The fourth-order valence-corrected chi connectivity index (χ4v) is 2.18. The van der Waals surface area contributed by atoms with E-state index >= 15 is 0 Å².